The summed E-state index contributed by atoms with van der Waals surface area (Å²) >= 11 is 5.78. The molecular formula is C11H13ClO. The number of hydrogen-bond donors (Lipinski definition) is 1. The lowest BCUT2D eigenvalue weighted by atomic mass is 10.1. The van der Waals surface area contributed by atoms with Crippen LogP contribution < -0.4 is 0 Å². The predicted molar refractivity (Wildman–Crippen MR) is 57.2 cm³/mol. The molecule has 0 unspecified atom stereocenters. The van der Waals surface area contributed by atoms with Crippen LogP contribution in [0.15, 0.2) is 18.2 Å². The molecule has 1 nitrogen and oxygen atoms in total. The van der Waals surface area contributed by atoms with Crippen LogP contribution >= 0.6 is 11.6 Å². The summed E-state index contributed by atoms with van der Waals surface area (Å²) in [5.74, 6) is 0.173. The average Bonchev–Trinajstić information content (AvgIpc) is 2.12. The summed E-state index contributed by atoms with van der Waals surface area (Å²) in [6.07, 6.45) is 4.85. The van der Waals surface area contributed by atoms with Gasteiger partial charge in [-0.2, -0.15) is 0 Å². The summed E-state index contributed by atoms with van der Waals surface area (Å²) < 4.78 is 0. The molecule has 0 bridgehead atoms. The van der Waals surface area contributed by atoms with Crippen molar-refractivity contribution in [1.29, 1.82) is 0 Å². The van der Waals surface area contributed by atoms with Gasteiger partial charge in [0.2, 0.25) is 0 Å². The summed E-state index contributed by atoms with van der Waals surface area (Å²) in [5, 5.41) is 10.0. The van der Waals surface area contributed by atoms with Crippen molar-refractivity contribution in [2.45, 2.75) is 20.3 Å². The first-order valence-electron chi connectivity index (χ1n) is 4.31. The topological polar surface area (TPSA) is 20.2 Å². The Bertz CT molecular complexity index is 329. The van der Waals surface area contributed by atoms with Crippen LogP contribution in [0, 0.1) is 6.92 Å². The molecule has 70 valence electrons. The third kappa shape index (κ3) is 2.25. The SMILES string of the molecule is CC/C=C\c1c(C)ccc(Cl)c1O. The highest BCUT2D eigenvalue weighted by Crippen LogP contribution is 2.30. The van der Waals surface area contributed by atoms with Crippen LogP contribution in [-0.2, 0) is 0 Å². The molecule has 0 spiro atoms. The van der Waals surface area contributed by atoms with Gasteiger partial charge in [0, 0.05) is 5.56 Å². The van der Waals surface area contributed by atoms with Crippen LogP contribution in [0.2, 0.25) is 5.02 Å². The number of phenolic OH excluding ortho intramolecular Hbond substituents is 1. The third-order valence-electron chi connectivity index (χ3n) is 1.91. The molecule has 0 aromatic heterocycles. The molecule has 0 atom stereocenters. The monoisotopic (exact) mass is 196 g/mol. The van der Waals surface area contributed by atoms with E-state index < -0.39 is 0 Å². The van der Waals surface area contributed by atoms with E-state index in [0.717, 1.165) is 17.5 Å². The Balaban J connectivity index is 3.17. The van der Waals surface area contributed by atoms with E-state index in [9.17, 15) is 5.11 Å². The van der Waals surface area contributed by atoms with Gasteiger partial charge in [0.05, 0.1) is 5.02 Å². The van der Waals surface area contributed by atoms with E-state index in [1.54, 1.807) is 6.07 Å². The zero-order chi connectivity index (χ0) is 9.84. The highest BCUT2D eigenvalue weighted by molar-refractivity contribution is 6.32. The third-order valence-corrected chi connectivity index (χ3v) is 2.21. The maximum absolute atomic E-state index is 9.62. The number of aromatic hydroxyl groups is 1. The number of aryl methyl sites for hydroxylation is 1. The van der Waals surface area contributed by atoms with Gasteiger partial charge in [-0.1, -0.05) is 36.7 Å². The van der Waals surface area contributed by atoms with Gasteiger partial charge in [-0.25, -0.2) is 0 Å². The fourth-order valence-electron chi connectivity index (χ4n) is 1.13. The van der Waals surface area contributed by atoms with Gasteiger partial charge >= 0.3 is 0 Å². The molecule has 13 heavy (non-hydrogen) atoms. The minimum Gasteiger partial charge on any atom is -0.506 e. The molecule has 0 saturated carbocycles. The predicted octanol–water partition coefficient (Wildman–Crippen LogP) is 3.78. The fraction of sp³-hybridized carbons (Fsp3) is 0.273. The quantitative estimate of drug-likeness (QED) is 0.764. The van der Waals surface area contributed by atoms with E-state index in [2.05, 4.69) is 0 Å². The van der Waals surface area contributed by atoms with E-state index in [4.69, 9.17) is 11.6 Å². The molecule has 1 rings (SSSR count). The first kappa shape index (κ1) is 10.1. The van der Waals surface area contributed by atoms with Crippen molar-refractivity contribution >= 4 is 17.7 Å². The van der Waals surface area contributed by atoms with Crippen LogP contribution in [0.4, 0.5) is 0 Å². The molecule has 0 aliphatic heterocycles. The van der Waals surface area contributed by atoms with Gasteiger partial charge < -0.3 is 5.11 Å². The molecule has 2 heteroatoms. The Labute approximate surface area is 83.7 Å². The van der Waals surface area contributed by atoms with Gasteiger partial charge in [0.1, 0.15) is 5.75 Å². The lowest BCUT2D eigenvalue weighted by molar-refractivity contribution is 0.474. The van der Waals surface area contributed by atoms with Crippen molar-refractivity contribution in [1.82, 2.24) is 0 Å². The van der Waals surface area contributed by atoms with Crippen molar-refractivity contribution in [2.24, 2.45) is 0 Å². The Morgan fingerprint density at radius 3 is 2.77 bits per heavy atom. The molecule has 0 radical (unpaired) electrons. The van der Waals surface area contributed by atoms with Gasteiger partial charge in [0.25, 0.3) is 0 Å². The van der Waals surface area contributed by atoms with Crippen molar-refractivity contribution < 1.29 is 5.11 Å². The number of rotatable bonds is 2. The smallest absolute Gasteiger partial charge is 0.141 e. The summed E-state index contributed by atoms with van der Waals surface area (Å²) in [5.41, 5.74) is 1.85. The second-order valence-corrected chi connectivity index (χ2v) is 3.34. The maximum atomic E-state index is 9.62. The normalized spacial score (nSPS) is 11.0. The molecule has 0 aliphatic rings. The molecule has 0 saturated heterocycles. The van der Waals surface area contributed by atoms with Crippen LogP contribution in [0.25, 0.3) is 6.08 Å². The molecule has 0 aliphatic carbocycles. The van der Waals surface area contributed by atoms with Crippen LogP contribution in [0.5, 0.6) is 5.75 Å². The number of hydrogen-bond acceptors (Lipinski definition) is 1. The maximum Gasteiger partial charge on any atom is 0.141 e. The van der Waals surface area contributed by atoms with Gasteiger partial charge in [-0.3, -0.25) is 0 Å². The molecule has 0 fully saturated rings. The van der Waals surface area contributed by atoms with E-state index in [-0.39, 0.29) is 5.75 Å². The fourth-order valence-corrected chi connectivity index (χ4v) is 1.29. The molecular weight excluding hydrogens is 184 g/mol. The van der Waals surface area contributed by atoms with Crippen LogP contribution in [0.1, 0.15) is 24.5 Å². The molecule has 1 N–H and O–H groups in total. The number of halogens is 1. The zero-order valence-corrected chi connectivity index (χ0v) is 8.60. The Hall–Kier alpha value is -0.950. The highest BCUT2D eigenvalue weighted by atomic mass is 35.5. The number of phenols is 1. The molecule has 0 heterocycles. The lowest BCUT2D eigenvalue weighted by Gasteiger charge is -2.04. The molecule has 1 aromatic rings. The van der Waals surface area contributed by atoms with Crippen LogP contribution in [-0.4, -0.2) is 5.11 Å². The van der Waals surface area contributed by atoms with Gasteiger partial charge in [-0.05, 0) is 25.0 Å². The largest absolute Gasteiger partial charge is 0.506 e. The lowest BCUT2D eigenvalue weighted by Crippen LogP contribution is -1.82. The summed E-state index contributed by atoms with van der Waals surface area (Å²) in [6.45, 7) is 4.00. The van der Waals surface area contributed by atoms with Crippen molar-refractivity contribution in [3.05, 3.63) is 34.4 Å². The first-order chi connectivity index (χ1) is 6.16. The van der Waals surface area contributed by atoms with Crippen LogP contribution in [0.3, 0.4) is 0 Å². The number of benzene rings is 1. The second kappa shape index (κ2) is 4.33. The highest BCUT2D eigenvalue weighted by Gasteiger charge is 2.04. The Kier molecular flexibility index (Phi) is 3.38. The minimum atomic E-state index is 0.173. The van der Waals surface area contributed by atoms with Crippen molar-refractivity contribution in [3.63, 3.8) is 0 Å². The molecule has 1 aromatic carbocycles. The average molecular weight is 197 g/mol. The molecule has 0 amide bonds. The van der Waals surface area contributed by atoms with E-state index in [1.807, 2.05) is 32.1 Å². The number of allylic oxidation sites excluding steroid dienone is 1. The minimum absolute atomic E-state index is 0.173. The van der Waals surface area contributed by atoms with Crippen molar-refractivity contribution in [2.75, 3.05) is 0 Å². The van der Waals surface area contributed by atoms with E-state index in [0.29, 0.717) is 5.02 Å². The van der Waals surface area contributed by atoms with Gasteiger partial charge in [0.15, 0.2) is 0 Å². The first-order valence-corrected chi connectivity index (χ1v) is 4.69. The summed E-state index contributed by atoms with van der Waals surface area (Å²) in [4.78, 5) is 0. The zero-order valence-electron chi connectivity index (χ0n) is 7.84. The summed E-state index contributed by atoms with van der Waals surface area (Å²) in [7, 11) is 0. The summed E-state index contributed by atoms with van der Waals surface area (Å²) in [6, 6.07) is 3.60. The van der Waals surface area contributed by atoms with Gasteiger partial charge in [-0.15, -0.1) is 0 Å². The standard InChI is InChI=1S/C11H13ClO/c1-3-4-5-9-8(2)6-7-10(12)11(9)13/h4-7,13H,3H2,1-2H3/b5-4-. The Morgan fingerprint density at radius 1 is 1.46 bits per heavy atom. The van der Waals surface area contributed by atoms with E-state index in [1.165, 1.54) is 0 Å². The van der Waals surface area contributed by atoms with Crippen molar-refractivity contribution in [3.8, 4) is 5.75 Å². The second-order valence-electron chi connectivity index (χ2n) is 2.94. The Morgan fingerprint density at radius 2 is 2.15 bits per heavy atom. The van der Waals surface area contributed by atoms with E-state index >= 15 is 0 Å².